The van der Waals surface area contributed by atoms with Crippen LogP contribution in [0.3, 0.4) is 0 Å². The zero-order valence-electron chi connectivity index (χ0n) is 55.2. The fourth-order valence-electron chi connectivity index (χ4n) is 10.5. The quantitative estimate of drug-likeness (QED) is 0.0261. The Morgan fingerprint density at radius 2 is 0.470 bits per heavy atom. The molecule has 0 spiro atoms. The maximum atomic E-state index is 12.9. The molecule has 0 N–H and O–H groups in total. The van der Waals surface area contributed by atoms with Crippen LogP contribution in [0.1, 0.15) is 367 Å². The average molecular weight is 1160 g/mol. The Kier molecular flexibility index (Phi) is 68.2. The minimum absolute atomic E-state index is 0.0926. The summed E-state index contributed by atoms with van der Waals surface area (Å²) in [6.45, 7) is 6.52. The molecule has 0 heterocycles. The van der Waals surface area contributed by atoms with Crippen LogP contribution in [-0.4, -0.2) is 37.2 Å². The van der Waals surface area contributed by atoms with Crippen LogP contribution in [0.5, 0.6) is 0 Å². The van der Waals surface area contributed by atoms with Crippen LogP contribution in [0.15, 0.2) is 85.1 Å². The van der Waals surface area contributed by atoms with Crippen molar-refractivity contribution in [2.24, 2.45) is 0 Å². The van der Waals surface area contributed by atoms with Gasteiger partial charge in [0.15, 0.2) is 6.10 Å². The molecule has 0 amide bonds. The number of carbonyl (C=O) groups excluding carboxylic acids is 3. The second kappa shape index (κ2) is 71.1. The highest BCUT2D eigenvalue weighted by Crippen LogP contribution is 2.18. The van der Waals surface area contributed by atoms with Gasteiger partial charge in [0.2, 0.25) is 0 Å². The number of rotatable bonds is 66. The summed E-state index contributed by atoms with van der Waals surface area (Å²) < 4.78 is 16.9. The van der Waals surface area contributed by atoms with Gasteiger partial charge in [0, 0.05) is 19.3 Å². The molecule has 0 saturated carbocycles. The van der Waals surface area contributed by atoms with E-state index >= 15 is 0 Å². The third kappa shape index (κ3) is 69.3. The Balaban J connectivity index is 4.29. The number of hydrogen-bond donors (Lipinski definition) is 0. The van der Waals surface area contributed by atoms with Gasteiger partial charge in [0.05, 0.1) is 0 Å². The molecule has 1 atom stereocenters. The highest BCUT2D eigenvalue weighted by molar-refractivity contribution is 5.71. The molecule has 0 aromatic heterocycles. The van der Waals surface area contributed by atoms with E-state index in [0.717, 1.165) is 109 Å². The lowest BCUT2D eigenvalue weighted by molar-refractivity contribution is -0.167. The summed E-state index contributed by atoms with van der Waals surface area (Å²) in [4.78, 5) is 38.4. The van der Waals surface area contributed by atoms with E-state index in [0.29, 0.717) is 19.3 Å². The van der Waals surface area contributed by atoms with E-state index in [1.807, 2.05) is 0 Å². The average Bonchev–Trinajstić information content (AvgIpc) is 3.49. The van der Waals surface area contributed by atoms with Crippen molar-refractivity contribution in [3.8, 4) is 0 Å². The van der Waals surface area contributed by atoms with E-state index in [1.54, 1.807) is 0 Å². The first kappa shape index (κ1) is 79.6. The molecular weight excluding hydrogens is 1020 g/mol. The second-order valence-electron chi connectivity index (χ2n) is 24.1. The molecule has 0 aliphatic heterocycles. The van der Waals surface area contributed by atoms with Crippen molar-refractivity contribution in [1.29, 1.82) is 0 Å². The largest absolute Gasteiger partial charge is 0.462 e. The van der Waals surface area contributed by atoms with Gasteiger partial charge in [0.25, 0.3) is 0 Å². The van der Waals surface area contributed by atoms with Gasteiger partial charge in [-0.1, -0.05) is 337 Å². The summed E-state index contributed by atoms with van der Waals surface area (Å²) in [6.07, 6.45) is 94.9. The monoisotopic (exact) mass is 1160 g/mol. The standard InChI is InChI=1S/C77H136O6/c1-4-7-10-13-16-19-22-25-28-30-32-34-35-36-37-38-39-40-41-43-44-46-49-52-55-58-61-64-67-70-76(79)82-73-74(72-81-75(78)69-66-63-60-57-54-51-48-27-24-21-18-15-12-9-6-3)83-77(80)71-68-65-62-59-56-53-50-47-45-42-33-31-29-26-23-20-17-14-11-8-5-2/h9,12,18,21,23,26-27,31,33,45,47-48,54,57,74H,4-8,10-11,13-17,19-20,22,24-25,28-30,32,34-44,46,49-53,55-56,58-73H2,1-3H3/b12-9-,21-18-,26-23-,33-31-,47-45-,48-27-,57-54-. The van der Waals surface area contributed by atoms with Gasteiger partial charge in [-0.15, -0.1) is 0 Å². The van der Waals surface area contributed by atoms with Gasteiger partial charge in [0.1, 0.15) is 13.2 Å². The summed E-state index contributed by atoms with van der Waals surface area (Å²) in [5.41, 5.74) is 0. The second-order valence-corrected chi connectivity index (χ2v) is 24.1. The Bertz CT molecular complexity index is 1570. The molecule has 6 nitrogen and oxygen atoms in total. The van der Waals surface area contributed by atoms with Crippen LogP contribution >= 0.6 is 0 Å². The molecule has 6 heteroatoms. The van der Waals surface area contributed by atoms with Crippen LogP contribution in [0.25, 0.3) is 0 Å². The van der Waals surface area contributed by atoms with Crippen LogP contribution in [-0.2, 0) is 28.6 Å². The first-order valence-corrected chi connectivity index (χ1v) is 36.1. The van der Waals surface area contributed by atoms with Gasteiger partial charge in [-0.25, -0.2) is 0 Å². The van der Waals surface area contributed by atoms with Gasteiger partial charge in [-0.3, -0.25) is 14.4 Å². The molecule has 480 valence electrons. The summed E-state index contributed by atoms with van der Waals surface area (Å²) in [7, 11) is 0. The molecule has 0 bridgehead atoms. The minimum Gasteiger partial charge on any atom is -0.462 e. The van der Waals surface area contributed by atoms with E-state index in [2.05, 4.69) is 106 Å². The summed E-state index contributed by atoms with van der Waals surface area (Å²) >= 11 is 0. The van der Waals surface area contributed by atoms with Crippen molar-refractivity contribution in [3.63, 3.8) is 0 Å². The molecule has 83 heavy (non-hydrogen) atoms. The molecule has 0 aromatic rings. The van der Waals surface area contributed by atoms with Crippen molar-refractivity contribution >= 4 is 17.9 Å². The lowest BCUT2D eigenvalue weighted by atomic mass is 10.0. The highest BCUT2D eigenvalue weighted by Gasteiger charge is 2.19. The maximum absolute atomic E-state index is 12.9. The minimum atomic E-state index is -0.802. The molecule has 0 radical (unpaired) electrons. The van der Waals surface area contributed by atoms with Crippen LogP contribution in [0.4, 0.5) is 0 Å². The molecule has 0 fully saturated rings. The molecule has 0 rings (SSSR count). The zero-order chi connectivity index (χ0) is 59.9. The topological polar surface area (TPSA) is 78.9 Å². The first-order valence-electron chi connectivity index (χ1n) is 36.1. The molecule has 0 aliphatic rings. The highest BCUT2D eigenvalue weighted by atomic mass is 16.6. The van der Waals surface area contributed by atoms with Crippen LogP contribution in [0.2, 0.25) is 0 Å². The SMILES string of the molecule is CC/C=C\C/C=C\C/C=C\C/C=C\CCCCC(=O)OCC(COC(=O)CCCCCCCCCCCCCCCCCCCCCCCCCCCCCCC)OC(=O)CCCCCCCC/C=C\C/C=C\C/C=C\CCCCCCC. The van der Waals surface area contributed by atoms with Gasteiger partial charge in [-0.05, 0) is 96.3 Å². The van der Waals surface area contributed by atoms with Crippen LogP contribution < -0.4 is 0 Å². The van der Waals surface area contributed by atoms with Crippen molar-refractivity contribution in [1.82, 2.24) is 0 Å². The fourth-order valence-corrected chi connectivity index (χ4v) is 10.5. The number of allylic oxidation sites excluding steroid dienone is 14. The van der Waals surface area contributed by atoms with E-state index in [9.17, 15) is 14.4 Å². The van der Waals surface area contributed by atoms with Crippen molar-refractivity contribution in [2.75, 3.05) is 13.2 Å². The Labute approximate surface area is 515 Å². The lowest BCUT2D eigenvalue weighted by Gasteiger charge is -2.18. The third-order valence-electron chi connectivity index (χ3n) is 15.9. The van der Waals surface area contributed by atoms with Crippen molar-refractivity contribution in [2.45, 2.75) is 374 Å². The first-order chi connectivity index (χ1) is 41.0. The van der Waals surface area contributed by atoms with E-state index in [4.69, 9.17) is 14.2 Å². The van der Waals surface area contributed by atoms with E-state index in [-0.39, 0.29) is 31.1 Å². The Hall–Kier alpha value is -3.41. The van der Waals surface area contributed by atoms with Crippen LogP contribution in [0, 0.1) is 0 Å². The molecule has 0 aliphatic carbocycles. The maximum Gasteiger partial charge on any atom is 0.306 e. The normalized spacial score (nSPS) is 12.6. The van der Waals surface area contributed by atoms with Gasteiger partial charge >= 0.3 is 17.9 Å². The van der Waals surface area contributed by atoms with Crippen molar-refractivity contribution in [3.05, 3.63) is 85.1 Å². The molecular formula is C77H136O6. The van der Waals surface area contributed by atoms with Gasteiger partial charge < -0.3 is 14.2 Å². The van der Waals surface area contributed by atoms with E-state index in [1.165, 1.54) is 218 Å². The Morgan fingerprint density at radius 3 is 0.759 bits per heavy atom. The summed E-state index contributed by atoms with van der Waals surface area (Å²) in [6, 6.07) is 0. The lowest BCUT2D eigenvalue weighted by Crippen LogP contribution is -2.30. The number of ether oxygens (including phenoxy) is 3. The number of esters is 3. The number of hydrogen-bond acceptors (Lipinski definition) is 6. The molecule has 1 unspecified atom stereocenters. The Morgan fingerprint density at radius 1 is 0.253 bits per heavy atom. The smallest absolute Gasteiger partial charge is 0.306 e. The van der Waals surface area contributed by atoms with Gasteiger partial charge in [-0.2, -0.15) is 0 Å². The molecule has 0 saturated heterocycles. The fraction of sp³-hybridized carbons (Fsp3) is 0.779. The predicted molar refractivity (Wildman–Crippen MR) is 362 cm³/mol. The van der Waals surface area contributed by atoms with E-state index < -0.39 is 6.10 Å². The third-order valence-corrected chi connectivity index (χ3v) is 15.9. The summed E-state index contributed by atoms with van der Waals surface area (Å²) in [5.74, 6) is -0.931. The molecule has 0 aromatic carbocycles. The number of unbranched alkanes of at least 4 members (excludes halogenated alkanes) is 41. The van der Waals surface area contributed by atoms with Crippen molar-refractivity contribution < 1.29 is 28.6 Å². The number of carbonyl (C=O) groups is 3. The summed E-state index contributed by atoms with van der Waals surface area (Å²) in [5, 5.41) is 0. The zero-order valence-corrected chi connectivity index (χ0v) is 55.2. The predicted octanol–water partition coefficient (Wildman–Crippen LogP) is 25.0.